The van der Waals surface area contributed by atoms with E-state index in [0.29, 0.717) is 17.4 Å². The van der Waals surface area contributed by atoms with E-state index in [1.807, 2.05) is 19.1 Å². The molecular formula is C17H30IN3O2S. The highest BCUT2D eigenvalue weighted by Gasteiger charge is 2.07. The first-order valence-electron chi connectivity index (χ1n) is 8.21. The Bertz CT molecular complexity index is 597. The number of rotatable bonds is 8. The molecule has 24 heavy (non-hydrogen) atoms. The van der Waals surface area contributed by atoms with Gasteiger partial charge in [-0.05, 0) is 30.5 Å². The van der Waals surface area contributed by atoms with E-state index in [2.05, 4.69) is 29.5 Å². The molecule has 1 rings (SSSR count). The Morgan fingerprint density at radius 1 is 1.08 bits per heavy atom. The smallest absolute Gasteiger partial charge is 0.191 e. The molecule has 7 heteroatoms. The first-order chi connectivity index (χ1) is 10.9. The molecule has 5 nitrogen and oxygen atoms in total. The van der Waals surface area contributed by atoms with Crippen LogP contribution in [0.5, 0.6) is 0 Å². The molecule has 0 aliphatic rings. The normalized spacial score (nSPS) is 12.0. The Balaban J connectivity index is 0.00000529. The molecule has 0 bridgehead atoms. The van der Waals surface area contributed by atoms with Crippen LogP contribution in [0, 0.1) is 5.92 Å². The highest BCUT2D eigenvalue weighted by Crippen LogP contribution is 2.11. The van der Waals surface area contributed by atoms with Crippen molar-refractivity contribution < 1.29 is 8.42 Å². The third-order valence-electron chi connectivity index (χ3n) is 3.83. The second-order valence-corrected chi connectivity index (χ2v) is 7.69. The topological polar surface area (TPSA) is 70.6 Å². The van der Waals surface area contributed by atoms with E-state index in [0.717, 1.165) is 37.5 Å². The summed E-state index contributed by atoms with van der Waals surface area (Å²) in [6.07, 6.45) is 3.51. The van der Waals surface area contributed by atoms with Crippen molar-refractivity contribution in [1.29, 1.82) is 0 Å². The Morgan fingerprint density at radius 3 is 2.12 bits per heavy atom. The largest absolute Gasteiger partial charge is 0.357 e. The molecule has 0 fully saturated rings. The van der Waals surface area contributed by atoms with Crippen LogP contribution in [0.1, 0.15) is 39.2 Å². The first-order valence-corrected chi connectivity index (χ1v) is 10.1. The van der Waals surface area contributed by atoms with Crippen molar-refractivity contribution in [3.8, 4) is 0 Å². The van der Waals surface area contributed by atoms with Crippen molar-refractivity contribution in [1.82, 2.24) is 10.6 Å². The molecule has 0 saturated carbocycles. The van der Waals surface area contributed by atoms with Crippen LogP contribution in [0.25, 0.3) is 0 Å². The van der Waals surface area contributed by atoms with Gasteiger partial charge in [0.2, 0.25) is 0 Å². The second kappa shape index (κ2) is 11.7. The number of guanidine groups is 1. The average Bonchev–Trinajstić information content (AvgIpc) is 2.53. The molecule has 1 aromatic carbocycles. The molecule has 0 spiro atoms. The second-order valence-electron chi connectivity index (χ2n) is 5.67. The van der Waals surface area contributed by atoms with Crippen LogP contribution in [0.4, 0.5) is 0 Å². The minimum atomic E-state index is -3.14. The predicted octanol–water partition coefficient (Wildman–Crippen LogP) is 3.20. The van der Waals surface area contributed by atoms with E-state index in [9.17, 15) is 8.42 Å². The standard InChI is InChI=1S/C17H29N3O2S.HI/c1-5-14(6-2)12-19-17(18-7-3)20-13-15-8-10-16(11-9-15)23(4,21)22;/h8-11,14H,5-7,12-13H2,1-4H3,(H2,18,19,20);1H. The van der Waals surface area contributed by atoms with Crippen LogP contribution >= 0.6 is 24.0 Å². The van der Waals surface area contributed by atoms with Gasteiger partial charge < -0.3 is 10.6 Å². The Morgan fingerprint density at radius 2 is 1.67 bits per heavy atom. The Kier molecular flexibility index (Phi) is 11.3. The third-order valence-corrected chi connectivity index (χ3v) is 4.96. The molecule has 0 radical (unpaired) electrons. The number of benzene rings is 1. The molecule has 0 aromatic heterocycles. The Hall–Kier alpha value is -0.830. The number of hydrogen-bond donors (Lipinski definition) is 2. The fraction of sp³-hybridized carbons (Fsp3) is 0.588. The van der Waals surface area contributed by atoms with Crippen LogP contribution < -0.4 is 10.6 Å². The molecule has 2 N–H and O–H groups in total. The highest BCUT2D eigenvalue weighted by atomic mass is 127. The summed E-state index contributed by atoms with van der Waals surface area (Å²) in [5.74, 6) is 1.44. The summed E-state index contributed by atoms with van der Waals surface area (Å²) in [6, 6.07) is 6.88. The average molecular weight is 467 g/mol. The maximum absolute atomic E-state index is 11.5. The molecule has 0 aliphatic carbocycles. The van der Waals surface area contributed by atoms with Crippen LogP contribution in [0.2, 0.25) is 0 Å². The van der Waals surface area contributed by atoms with Crippen molar-refractivity contribution in [3.63, 3.8) is 0 Å². The van der Waals surface area contributed by atoms with Gasteiger partial charge in [-0.3, -0.25) is 0 Å². The monoisotopic (exact) mass is 467 g/mol. The van der Waals surface area contributed by atoms with Gasteiger partial charge in [-0.2, -0.15) is 0 Å². The number of nitrogens with zero attached hydrogens (tertiary/aromatic N) is 1. The fourth-order valence-corrected chi connectivity index (χ4v) is 2.80. The van der Waals surface area contributed by atoms with E-state index in [4.69, 9.17) is 0 Å². The lowest BCUT2D eigenvalue weighted by Gasteiger charge is -2.16. The molecule has 0 aliphatic heterocycles. The van der Waals surface area contributed by atoms with Crippen molar-refractivity contribution in [3.05, 3.63) is 29.8 Å². The lowest BCUT2D eigenvalue weighted by Crippen LogP contribution is -2.39. The summed E-state index contributed by atoms with van der Waals surface area (Å²) in [7, 11) is -3.14. The van der Waals surface area contributed by atoms with Crippen LogP contribution in [-0.4, -0.2) is 33.7 Å². The van der Waals surface area contributed by atoms with Gasteiger partial charge in [-0.15, -0.1) is 24.0 Å². The zero-order valence-electron chi connectivity index (χ0n) is 15.0. The van der Waals surface area contributed by atoms with E-state index < -0.39 is 9.84 Å². The van der Waals surface area contributed by atoms with Gasteiger partial charge in [-0.25, -0.2) is 13.4 Å². The maximum atomic E-state index is 11.5. The Labute approximate surface area is 163 Å². The van der Waals surface area contributed by atoms with Crippen LogP contribution in [0.15, 0.2) is 34.2 Å². The number of nitrogens with one attached hydrogen (secondary N) is 2. The minimum absolute atomic E-state index is 0. The maximum Gasteiger partial charge on any atom is 0.191 e. The van der Waals surface area contributed by atoms with Gasteiger partial charge in [0.15, 0.2) is 15.8 Å². The molecule has 0 heterocycles. The molecule has 0 saturated heterocycles. The van der Waals surface area contributed by atoms with E-state index in [-0.39, 0.29) is 24.0 Å². The van der Waals surface area contributed by atoms with Gasteiger partial charge in [0.25, 0.3) is 0 Å². The fourth-order valence-electron chi connectivity index (χ4n) is 2.17. The van der Waals surface area contributed by atoms with Crippen LogP contribution in [0.3, 0.4) is 0 Å². The van der Waals surface area contributed by atoms with E-state index in [1.54, 1.807) is 12.1 Å². The van der Waals surface area contributed by atoms with Crippen molar-refractivity contribution in [2.75, 3.05) is 19.3 Å². The van der Waals surface area contributed by atoms with E-state index in [1.165, 1.54) is 6.26 Å². The van der Waals surface area contributed by atoms with Crippen molar-refractivity contribution in [2.45, 2.75) is 45.1 Å². The van der Waals surface area contributed by atoms with Crippen LogP contribution in [-0.2, 0) is 16.4 Å². The number of hydrogen-bond acceptors (Lipinski definition) is 3. The van der Waals surface area contributed by atoms with Gasteiger partial charge in [0.05, 0.1) is 11.4 Å². The predicted molar refractivity (Wildman–Crippen MR) is 112 cm³/mol. The van der Waals surface area contributed by atoms with Gasteiger partial charge >= 0.3 is 0 Å². The minimum Gasteiger partial charge on any atom is -0.357 e. The number of halogens is 1. The first kappa shape index (κ1) is 23.2. The highest BCUT2D eigenvalue weighted by molar-refractivity contribution is 14.0. The van der Waals surface area contributed by atoms with Crippen molar-refractivity contribution >= 4 is 39.8 Å². The zero-order chi connectivity index (χ0) is 17.3. The van der Waals surface area contributed by atoms with Gasteiger partial charge in [0.1, 0.15) is 0 Å². The lowest BCUT2D eigenvalue weighted by atomic mass is 10.0. The molecule has 0 unspecified atom stereocenters. The molecule has 138 valence electrons. The van der Waals surface area contributed by atoms with Crippen molar-refractivity contribution in [2.24, 2.45) is 10.9 Å². The van der Waals surface area contributed by atoms with Gasteiger partial charge in [-0.1, -0.05) is 38.8 Å². The summed E-state index contributed by atoms with van der Waals surface area (Å²) in [5.41, 5.74) is 0.983. The molecule has 0 atom stereocenters. The molecule has 0 amide bonds. The lowest BCUT2D eigenvalue weighted by molar-refractivity contribution is 0.481. The van der Waals surface area contributed by atoms with E-state index >= 15 is 0 Å². The summed E-state index contributed by atoms with van der Waals surface area (Å²) >= 11 is 0. The van der Waals surface area contributed by atoms with Gasteiger partial charge in [0, 0.05) is 19.3 Å². The molecular weight excluding hydrogens is 437 g/mol. The summed E-state index contributed by atoms with van der Waals surface area (Å²) in [4.78, 5) is 4.90. The summed E-state index contributed by atoms with van der Waals surface area (Å²) in [5, 5.41) is 6.61. The SMILES string of the molecule is CCNC(=NCc1ccc(S(C)(=O)=O)cc1)NCC(CC)CC.I. The third kappa shape index (κ3) is 8.32. The summed E-state index contributed by atoms with van der Waals surface area (Å²) < 4.78 is 22.9. The quantitative estimate of drug-likeness (QED) is 0.350. The number of aliphatic imine (C=N–C) groups is 1. The molecule has 1 aromatic rings. The summed E-state index contributed by atoms with van der Waals surface area (Å²) in [6.45, 7) is 8.66. The zero-order valence-corrected chi connectivity index (χ0v) is 18.1. The number of sulfone groups is 1.